The summed E-state index contributed by atoms with van der Waals surface area (Å²) in [5.41, 5.74) is 21.0. The van der Waals surface area contributed by atoms with Gasteiger partial charge in [0.05, 0.1) is 32.4 Å². The first kappa shape index (κ1) is 116. The highest BCUT2D eigenvalue weighted by Gasteiger charge is 2.42. The van der Waals surface area contributed by atoms with Crippen LogP contribution in [0.4, 0.5) is 0 Å². The third-order valence-corrected chi connectivity index (χ3v) is 25.3. The Balaban J connectivity index is 1.24. The number of thioether (sulfide) groups is 1. The molecule has 1 saturated heterocycles. The standard InChI is InChI=1S/C101H135N23O21S/c1-55(2)43-72-92(137)121-85(57(5)6)97(142)119-78(52-125)94(139)120-79(86(131)110-51-81(102)127)53-146-54-82(128)111-73(44-62-33-39-67(145-10)40-34-62)88(133)115-74(46-61-31-37-66(126)38-32-61)90(135)117-77(49-83(129)130)91(136)116-76(48-65-50-109-69-26-18-17-25-68(65)69)93(138)122-84(56(3)4)96(141)118-75(45-60-29-35-64(36-30-60)63-23-15-12-16-24-63)89(134)113-71(28-20-42-108-101(105)106)99(144)123(8)58(7)98(143)124(9)80(47-59-21-13-11-14-22-59)95(140)112-70(87(132)114-72)27-19-41-107-100(103)104/h11-18,21-26,29-40,50,55-58,70-80,84-85,109,125-126H,19-20,27-28,41-49,51-54H2,1-10H3,(H2,102,127)(H,110,131)(H,111,128)(H,112,140)(H,113,134)(H,114,132)(H,115,133)(H,116,136)(H,117,135)(H,118,141)(H,119,142)(H,120,139)(H,121,137)(H,122,138)(H,129,130)(H4,103,104,107)(H4,105,106,108)/t58-,70-,71-,72-,73-,74-,75-,76-,77-,78-,79-,80-,84-,85-/m0/s1. The number of carbonyl (C=O) groups excluding carboxylic acids is 16. The second-order valence-electron chi connectivity index (χ2n) is 36.7. The maximum atomic E-state index is 15.7. The Bertz CT molecular complexity index is 5700. The van der Waals surface area contributed by atoms with Crippen LogP contribution < -0.4 is 102 Å². The number of aliphatic hydroxyl groups is 1. The van der Waals surface area contributed by atoms with Crippen LogP contribution in [0.3, 0.4) is 0 Å². The molecular weight excluding hydrogens is 1900 g/mol. The van der Waals surface area contributed by atoms with Crippen LogP contribution in [0.15, 0.2) is 164 Å². The van der Waals surface area contributed by atoms with E-state index in [1.54, 1.807) is 137 Å². The van der Waals surface area contributed by atoms with Crippen molar-refractivity contribution in [1.82, 2.24) is 94.5 Å². The zero-order valence-electron chi connectivity index (χ0n) is 83.1. The van der Waals surface area contributed by atoms with E-state index in [2.05, 4.69) is 84.7 Å². The Kier molecular flexibility index (Phi) is 45.1. The number of likely N-dealkylation sites (N-methyl/N-ethyl adjacent to an activating group) is 2. The molecule has 1 fully saturated rings. The summed E-state index contributed by atoms with van der Waals surface area (Å²) in [6.07, 6.45) is -1.74. The lowest BCUT2D eigenvalue weighted by atomic mass is 9.98. The third kappa shape index (κ3) is 36.3. The van der Waals surface area contributed by atoms with E-state index in [9.17, 15) is 48.9 Å². The number of amides is 16. The monoisotopic (exact) mass is 2040 g/mol. The Labute approximate surface area is 849 Å². The van der Waals surface area contributed by atoms with E-state index in [0.29, 0.717) is 50.7 Å². The van der Waals surface area contributed by atoms with Crippen molar-refractivity contribution in [2.75, 3.05) is 59.0 Å². The number of fused-ring (bicyclic) bond motifs is 1. The number of hydrogen-bond acceptors (Lipinski definition) is 23. The number of nitrogens with zero attached hydrogens (tertiary/aromatic N) is 2. The van der Waals surface area contributed by atoms with E-state index >= 15 is 47.9 Å². The normalized spacial score (nSPS) is 22.2. The minimum absolute atomic E-state index is 0.00950. The molecule has 16 amide bonds. The number of carboxylic acids is 1. The molecule has 146 heavy (non-hydrogen) atoms. The lowest BCUT2D eigenvalue weighted by Gasteiger charge is -2.35. The number of H-pyrrole nitrogens is 1. The predicted molar refractivity (Wildman–Crippen MR) is 544 cm³/mol. The number of hydrogen-bond donors (Lipinski definition) is 24. The number of para-hydroxylation sites is 1. The summed E-state index contributed by atoms with van der Waals surface area (Å²) in [4.78, 5) is 257. The van der Waals surface area contributed by atoms with Gasteiger partial charge < -0.3 is 132 Å². The van der Waals surface area contributed by atoms with Crippen molar-refractivity contribution in [2.24, 2.45) is 35.0 Å². The van der Waals surface area contributed by atoms with Gasteiger partial charge in [-0.1, -0.05) is 169 Å². The highest BCUT2D eigenvalue weighted by Crippen LogP contribution is 2.25. The van der Waals surface area contributed by atoms with Crippen molar-refractivity contribution in [2.45, 2.75) is 204 Å². The number of methoxy groups -OCH3 is 1. The Morgan fingerprint density at radius 1 is 0.466 bits per heavy atom. The SMILES string of the molecule is COc1ccc(C[C@@H]2NC(=O)CSC[C@@H](C(=O)NCC(N)=O)NC(=O)[C@H](CO)NC(=O)[C@H](C(C)C)NC(=O)[C@H](CC(C)C)NC(=O)[C@H](CCCNC(=N)N)NC(=O)[C@H](Cc3ccccc3)N(C)C(=O)[C@H](C)N(C)C(=O)[C@H](CCCNC(=N)N)NC(=O)[C@H](Cc3ccc(-c4ccccc4)cc3)NC(=O)[C@H](C(C)C)NC(=O)[C@H](Cc3c[nH]c4ccccc34)NC(=O)[C@H](CC(=O)O)NC(=O)[C@H](Cc3ccc(O)cc3)NC2=O)cc1. The highest BCUT2D eigenvalue weighted by atomic mass is 32.2. The van der Waals surface area contributed by atoms with Gasteiger partial charge in [-0.2, -0.15) is 0 Å². The van der Waals surface area contributed by atoms with Crippen LogP contribution >= 0.6 is 11.8 Å². The van der Waals surface area contributed by atoms with Crippen molar-refractivity contribution in [3.8, 4) is 22.6 Å². The molecular formula is C101H135N23O21S. The largest absolute Gasteiger partial charge is 0.508 e. The van der Waals surface area contributed by atoms with Gasteiger partial charge in [0.2, 0.25) is 94.5 Å². The molecule has 0 bridgehead atoms. The minimum atomic E-state index is -2.10. The van der Waals surface area contributed by atoms with Crippen molar-refractivity contribution in [3.05, 3.63) is 192 Å². The van der Waals surface area contributed by atoms with E-state index in [1.807, 2.05) is 30.3 Å². The van der Waals surface area contributed by atoms with Crippen molar-refractivity contribution in [3.63, 3.8) is 0 Å². The average Bonchev–Trinajstić information content (AvgIpc) is 1.58. The molecule has 14 atom stereocenters. The van der Waals surface area contributed by atoms with Gasteiger partial charge in [-0.3, -0.25) is 92.3 Å². The molecule has 8 rings (SSSR count). The fraction of sp³-hybridized carbons (Fsp3) is 0.436. The molecule has 44 nitrogen and oxygen atoms in total. The van der Waals surface area contributed by atoms with E-state index in [1.165, 1.54) is 66.2 Å². The molecule has 2 heterocycles. The van der Waals surface area contributed by atoms with Crippen LogP contribution in [0, 0.1) is 28.6 Å². The summed E-state index contributed by atoms with van der Waals surface area (Å²) in [6.45, 7) is 9.07. The van der Waals surface area contributed by atoms with E-state index in [0.717, 1.165) is 20.9 Å². The van der Waals surface area contributed by atoms with E-state index < -0.39 is 246 Å². The molecule has 0 unspecified atom stereocenters. The molecule has 1 aliphatic heterocycles. The maximum absolute atomic E-state index is 15.7. The molecule has 0 saturated carbocycles. The topological polar surface area (TPSA) is 689 Å². The Hall–Kier alpha value is -15.7. The quantitative estimate of drug-likeness (QED) is 0.0150. The van der Waals surface area contributed by atoms with Gasteiger partial charge in [-0.25, -0.2) is 0 Å². The molecule has 27 N–H and O–H groups in total. The number of phenols is 1. The molecule has 0 radical (unpaired) electrons. The van der Waals surface area contributed by atoms with Crippen LogP contribution in [0.5, 0.6) is 11.5 Å². The molecule has 1 aliphatic rings. The molecule has 786 valence electrons. The minimum Gasteiger partial charge on any atom is -0.508 e. The number of rotatable bonds is 30. The third-order valence-electron chi connectivity index (χ3n) is 24.3. The number of phenolic OH excluding ortho intramolecular Hbond substituents is 1. The number of benzene rings is 6. The van der Waals surface area contributed by atoms with Gasteiger partial charge in [0.25, 0.3) is 0 Å². The van der Waals surface area contributed by atoms with Gasteiger partial charge in [-0.05, 0) is 126 Å². The predicted octanol–water partition coefficient (Wildman–Crippen LogP) is -0.746. The molecule has 1 aromatic heterocycles. The maximum Gasteiger partial charge on any atom is 0.305 e. The Morgan fingerprint density at radius 2 is 0.897 bits per heavy atom. The van der Waals surface area contributed by atoms with E-state index in [4.69, 9.17) is 32.8 Å². The van der Waals surface area contributed by atoms with Crippen molar-refractivity contribution in [1.29, 1.82) is 10.8 Å². The number of aromatic amines is 1. The molecule has 0 aliphatic carbocycles. The molecule has 45 heteroatoms. The molecule has 0 spiro atoms. The number of carboxylic acid groups (broad SMARTS) is 1. The first-order valence-electron chi connectivity index (χ1n) is 47.8. The number of aliphatic carboxylic acids is 1. The summed E-state index contributed by atoms with van der Waals surface area (Å²) < 4.78 is 5.36. The number of aromatic hydroxyl groups is 1. The first-order valence-corrected chi connectivity index (χ1v) is 49.0. The van der Waals surface area contributed by atoms with E-state index in [-0.39, 0.29) is 88.1 Å². The van der Waals surface area contributed by atoms with Gasteiger partial charge in [0.15, 0.2) is 11.9 Å². The van der Waals surface area contributed by atoms with Crippen LogP contribution in [-0.4, -0.2) is 286 Å². The van der Waals surface area contributed by atoms with Crippen LogP contribution in [0.1, 0.15) is 115 Å². The Morgan fingerprint density at radius 3 is 1.42 bits per heavy atom. The number of aliphatic hydroxyl groups excluding tert-OH is 1. The molecule has 6 aromatic carbocycles. The number of primary amides is 1. The fourth-order valence-corrected chi connectivity index (χ4v) is 16.9. The summed E-state index contributed by atoms with van der Waals surface area (Å²) in [5.74, 6) is -21.9. The number of aromatic nitrogens is 1. The number of ether oxygens (including phenoxy) is 1. The number of nitrogens with one attached hydrogen (secondary N) is 18. The second kappa shape index (κ2) is 57.0. The number of nitrogens with two attached hydrogens (primary N) is 3. The summed E-state index contributed by atoms with van der Waals surface area (Å²) in [5, 5.41) is 87.4. The lowest BCUT2D eigenvalue weighted by molar-refractivity contribution is -0.148. The highest BCUT2D eigenvalue weighted by molar-refractivity contribution is 8.00. The smallest absolute Gasteiger partial charge is 0.305 e. The zero-order valence-corrected chi connectivity index (χ0v) is 84.0. The van der Waals surface area contributed by atoms with Gasteiger partial charge in [-0.15, -0.1) is 11.8 Å². The van der Waals surface area contributed by atoms with Crippen LogP contribution in [0.25, 0.3) is 22.0 Å². The molecule has 7 aromatic rings. The second-order valence-corrected chi connectivity index (χ2v) is 37.8. The van der Waals surface area contributed by atoms with Crippen molar-refractivity contribution < 1.29 is 102 Å². The summed E-state index contributed by atoms with van der Waals surface area (Å²) >= 11 is 0.694. The zero-order chi connectivity index (χ0) is 107. The lowest BCUT2D eigenvalue weighted by Crippen LogP contribution is -2.62. The van der Waals surface area contributed by atoms with Crippen molar-refractivity contribution >= 4 is 135 Å². The first-order chi connectivity index (χ1) is 69.4. The summed E-state index contributed by atoms with van der Waals surface area (Å²) in [6, 6.07) is 19.9. The van der Waals surface area contributed by atoms with Gasteiger partial charge in [0.1, 0.15) is 96.1 Å². The van der Waals surface area contributed by atoms with Crippen LogP contribution in [-0.2, 0) is 114 Å². The summed E-state index contributed by atoms with van der Waals surface area (Å²) in [7, 11) is 3.98. The van der Waals surface area contributed by atoms with Gasteiger partial charge in [0, 0.05) is 82.1 Å². The number of carbonyl (C=O) groups is 17. The van der Waals surface area contributed by atoms with Crippen LogP contribution in [0.2, 0.25) is 0 Å². The van der Waals surface area contributed by atoms with Gasteiger partial charge >= 0.3 is 5.97 Å². The average molecular weight is 2040 g/mol. The fourth-order valence-electron chi connectivity index (χ4n) is 16.1. The number of guanidine groups is 2.